The average Bonchev–Trinajstić information content (AvgIpc) is 2.11. The van der Waals surface area contributed by atoms with Crippen molar-refractivity contribution in [1.82, 2.24) is 5.06 Å². The lowest BCUT2D eigenvalue weighted by Crippen LogP contribution is -2.52. The molecule has 1 saturated heterocycles. The van der Waals surface area contributed by atoms with Gasteiger partial charge in [-0.2, -0.15) is 5.26 Å². The van der Waals surface area contributed by atoms with Crippen LogP contribution in [0.1, 0.15) is 34.1 Å². The van der Waals surface area contributed by atoms with Crippen molar-refractivity contribution in [1.29, 1.82) is 5.26 Å². The maximum Gasteiger partial charge on any atom is 0.173 e. The number of rotatable bonds is 0. The largest absolute Gasteiger partial charge is 0.373 e. The van der Waals surface area contributed by atoms with Gasteiger partial charge in [0.1, 0.15) is 0 Å². The van der Waals surface area contributed by atoms with Crippen LogP contribution in [-0.2, 0) is 5.21 Å². The fourth-order valence-electron chi connectivity index (χ4n) is 2.02. The van der Waals surface area contributed by atoms with Gasteiger partial charge in [0, 0.05) is 12.0 Å². The third-order valence-electron chi connectivity index (χ3n) is 2.94. The summed E-state index contributed by atoms with van der Waals surface area (Å²) in [5.74, 6) is 0. The van der Waals surface area contributed by atoms with Crippen molar-refractivity contribution in [3.63, 3.8) is 0 Å². The van der Waals surface area contributed by atoms with E-state index in [-0.39, 0.29) is 6.42 Å². The standard InChI is InChI=1S/C9H15N2O2/c1-7(2)5-9(12,6-10)8(3,4)11(7)13/h12H,5H2,1-4H3. The zero-order valence-corrected chi connectivity index (χ0v) is 8.46. The van der Waals surface area contributed by atoms with Gasteiger partial charge in [0.25, 0.3) is 0 Å². The summed E-state index contributed by atoms with van der Waals surface area (Å²) < 4.78 is 0. The Morgan fingerprint density at radius 3 is 2.00 bits per heavy atom. The van der Waals surface area contributed by atoms with E-state index >= 15 is 0 Å². The third kappa shape index (κ3) is 1.16. The van der Waals surface area contributed by atoms with Crippen molar-refractivity contribution in [3.05, 3.63) is 0 Å². The predicted molar refractivity (Wildman–Crippen MR) is 45.9 cm³/mol. The lowest BCUT2D eigenvalue weighted by Gasteiger charge is -2.34. The zero-order valence-electron chi connectivity index (χ0n) is 8.46. The minimum atomic E-state index is -1.54. The monoisotopic (exact) mass is 183 g/mol. The minimum absolute atomic E-state index is 0.188. The first-order chi connectivity index (χ1) is 5.67. The molecule has 1 radical (unpaired) electrons. The molecule has 1 rings (SSSR count). The third-order valence-corrected chi connectivity index (χ3v) is 2.94. The van der Waals surface area contributed by atoms with E-state index in [0.29, 0.717) is 0 Å². The summed E-state index contributed by atoms with van der Waals surface area (Å²) in [5.41, 5.74) is -3.25. The summed E-state index contributed by atoms with van der Waals surface area (Å²) in [7, 11) is 0. The van der Waals surface area contributed by atoms with Crippen LogP contribution in [0.2, 0.25) is 0 Å². The molecule has 0 aromatic heterocycles. The highest BCUT2D eigenvalue weighted by Crippen LogP contribution is 2.45. The highest BCUT2D eigenvalue weighted by atomic mass is 16.5. The maximum absolute atomic E-state index is 11.7. The number of hydrogen-bond donors (Lipinski definition) is 1. The van der Waals surface area contributed by atoms with Crippen molar-refractivity contribution in [2.75, 3.05) is 0 Å². The number of aliphatic hydroxyl groups is 1. The van der Waals surface area contributed by atoms with Gasteiger partial charge in [0.15, 0.2) is 5.60 Å². The lowest BCUT2D eigenvalue weighted by molar-refractivity contribution is -0.256. The highest BCUT2D eigenvalue weighted by Gasteiger charge is 2.62. The van der Waals surface area contributed by atoms with Crippen LogP contribution < -0.4 is 0 Å². The van der Waals surface area contributed by atoms with Gasteiger partial charge in [0.05, 0.1) is 11.6 Å². The molecular weight excluding hydrogens is 168 g/mol. The van der Waals surface area contributed by atoms with Gasteiger partial charge in [0.2, 0.25) is 0 Å². The van der Waals surface area contributed by atoms with E-state index in [0.717, 1.165) is 5.06 Å². The first kappa shape index (κ1) is 10.5. The normalized spacial score (nSPS) is 37.3. The van der Waals surface area contributed by atoms with Crippen LogP contribution in [0.4, 0.5) is 0 Å². The van der Waals surface area contributed by atoms with E-state index in [2.05, 4.69) is 0 Å². The molecule has 0 aromatic rings. The van der Waals surface area contributed by atoms with Crippen LogP contribution in [0, 0.1) is 11.3 Å². The Kier molecular flexibility index (Phi) is 1.96. The van der Waals surface area contributed by atoms with Crippen molar-refractivity contribution < 1.29 is 10.3 Å². The van der Waals surface area contributed by atoms with Gasteiger partial charge in [-0.05, 0) is 27.7 Å². The first-order valence-corrected chi connectivity index (χ1v) is 4.28. The van der Waals surface area contributed by atoms with Gasteiger partial charge in [-0.15, -0.1) is 10.3 Å². The molecule has 0 saturated carbocycles. The number of hydroxylamine groups is 2. The molecule has 0 bridgehead atoms. The van der Waals surface area contributed by atoms with Crippen LogP contribution >= 0.6 is 0 Å². The van der Waals surface area contributed by atoms with E-state index in [1.807, 2.05) is 6.07 Å². The van der Waals surface area contributed by atoms with Crippen LogP contribution in [-0.4, -0.2) is 26.8 Å². The highest BCUT2D eigenvalue weighted by molar-refractivity contribution is 5.21. The predicted octanol–water partition coefficient (Wildman–Crippen LogP) is 0.849. The molecule has 73 valence electrons. The first-order valence-electron chi connectivity index (χ1n) is 4.28. The smallest absolute Gasteiger partial charge is 0.173 e. The van der Waals surface area contributed by atoms with Crippen LogP contribution in [0.15, 0.2) is 0 Å². The summed E-state index contributed by atoms with van der Waals surface area (Å²) in [6.07, 6.45) is 0.188. The Bertz CT molecular complexity index is 267. The summed E-state index contributed by atoms with van der Waals surface area (Å²) >= 11 is 0. The molecular formula is C9H15N2O2. The van der Waals surface area contributed by atoms with Gasteiger partial charge in [-0.25, -0.2) is 0 Å². The van der Waals surface area contributed by atoms with Gasteiger partial charge in [-0.1, -0.05) is 0 Å². The van der Waals surface area contributed by atoms with Crippen molar-refractivity contribution in [2.45, 2.75) is 50.8 Å². The van der Waals surface area contributed by atoms with Crippen molar-refractivity contribution in [2.24, 2.45) is 0 Å². The molecule has 1 aliphatic heterocycles. The van der Waals surface area contributed by atoms with Gasteiger partial charge in [-0.3, -0.25) is 0 Å². The van der Waals surface area contributed by atoms with E-state index in [9.17, 15) is 10.3 Å². The topological polar surface area (TPSA) is 67.2 Å². The van der Waals surface area contributed by atoms with Crippen molar-refractivity contribution >= 4 is 0 Å². The fraction of sp³-hybridized carbons (Fsp3) is 0.889. The van der Waals surface area contributed by atoms with E-state index in [4.69, 9.17) is 5.26 Å². The van der Waals surface area contributed by atoms with Crippen LogP contribution in [0.3, 0.4) is 0 Å². The van der Waals surface area contributed by atoms with Crippen molar-refractivity contribution in [3.8, 4) is 6.07 Å². The molecule has 0 aliphatic carbocycles. The summed E-state index contributed by atoms with van der Waals surface area (Å²) in [6, 6.07) is 1.83. The minimum Gasteiger partial charge on any atom is -0.373 e. The molecule has 0 aromatic carbocycles. The SMILES string of the molecule is CC1(C)CC(O)(C#N)C(C)(C)N1[O]. The number of nitrogens with zero attached hydrogens (tertiary/aromatic N) is 2. The quantitative estimate of drug-likeness (QED) is 0.566. The molecule has 1 aliphatic rings. The Hall–Kier alpha value is -0.630. The Morgan fingerprint density at radius 2 is 1.85 bits per heavy atom. The number of nitriles is 1. The zero-order chi connectivity index (χ0) is 10.5. The molecule has 1 atom stereocenters. The molecule has 4 heteroatoms. The summed E-state index contributed by atoms with van der Waals surface area (Å²) in [6.45, 7) is 6.66. The number of hydrogen-bond acceptors (Lipinski definition) is 3. The average molecular weight is 183 g/mol. The fourth-order valence-corrected chi connectivity index (χ4v) is 2.02. The van der Waals surface area contributed by atoms with Crippen LogP contribution in [0.5, 0.6) is 0 Å². The Morgan fingerprint density at radius 1 is 1.38 bits per heavy atom. The second-order valence-corrected chi connectivity index (χ2v) is 4.81. The maximum atomic E-state index is 11.7. The molecule has 1 N–H and O–H groups in total. The van der Waals surface area contributed by atoms with E-state index in [1.54, 1.807) is 27.7 Å². The summed E-state index contributed by atoms with van der Waals surface area (Å²) in [4.78, 5) is 0. The van der Waals surface area contributed by atoms with Crippen LogP contribution in [0.25, 0.3) is 0 Å². The summed E-state index contributed by atoms with van der Waals surface area (Å²) in [5, 5.41) is 31.3. The molecule has 0 spiro atoms. The lowest BCUT2D eigenvalue weighted by atomic mass is 9.83. The second-order valence-electron chi connectivity index (χ2n) is 4.81. The second kappa shape index (κ2) is 2.44. The molecule has 4 nitrogen and oxygen atoms in total. The molecule has 13 heavy (non-hydrogen) atoms. The Balaban J connectivity index is 3.17. The van der Waals surface area contributed by atoms with E-state index in [1.165, 1.54) is 0 Å². The molecule has 1 fully saturated rings. The molecule has 1 unspecified atom stereocenters. The van der Waals surface area contributed by atoms with E-state index < -0.39 is 16.7 Å². The molecule has 0 amide bonds. The Labute approximate surface area is 78.3 Å². The molecule has 1 heterocycles. The van der Waals surface area contributed by atoms with Gasteiger partial charge < -0.3 is 5.11 Å². The van der Waals surface area contributed by atoms with Gasteiger partial charge >= 0.3 is 0 Å².